The lowest BCUT2D eigenvalue weighted by Crippen LogP contribution is -2.16. The molecule has 1 saturated carbocycles. The van der Waals surface area contributed by atoms with Gasteiger partial charge in [-0.2, -0.15) is 0 Å². The second kappa shape index (κ2) is 7.35. The number of hydrogen-bond donors (Lipinski definition) is 1. The third-order valence-electron chi connectivity index (χ3n) is 3.96. The first-order valence-corrected chi connectivity index (χ1v) is 8.54. The number of aryl methyl sites for hydroxylation is 1. The van der Waals surface area contributed by atoms with E-state index >= 15 is 0 Å². The minimum Gasteiger partial charge on any atom is -0.313 e. The predicted octanol–water partition coefficient (Wildman–Crippen LogP) is 4.78. The van der Waals surface area contributed by atoms with Crippen molar-refractivity contribution in [3.8, 4) is 0 Å². The first-order valence-electron chi connectivity index (χ1n) is 7.66. The van der Waals surface area contributed by atoms with Crippen molar-refractivity contribution in [3.63, 3.8) is 0 Å². The van der Waals surface area contributed by atoms with Gasteiger partial charge in [-0.1, -0.05) is 44.4 Å². The summed E-state index contributed by atoms with van der Waals surface area (Å²) in [4.78, 5) is 1.49. The van der Waals surface area contributed by atoms with Crippen LogP contribution in [0, 0.1) is 12.8 Å². The third-order valence-corrected chi connectivity index (χ3v) is 5.38. The highest BCUT2D eigenvalue weighted by atomic mass is 32.2. The second-order valence-corrected chi connectivity index (χ2v) is 7.25. The fourth-order valence-corrected chi connectivity index (χ4v) is 4.38. The number of thioether (sulfide) groups is 1. The van der Waals surface area contributed by atoms with Gasteiger partial charge in [0.05, 0.1) is 0 Å². The van der Waals surface area contributed by atoms with Crippen LogP contribution in [0.15, 0.2) is 23.1 Å². The maximum atomic E-state index is 3.46. The molecule has 2 atom stereocenters. The maximum absolute atomic E-state index is 3.46. The molecule has 1 aliphatic carbocycles. The topological polar surface area (TPSA) is 12.0 Å². The van der Waals surface area contributed by atoms with Crippen LogP contribution >= 0.6 is 11.8 Å². The lowest BCUT2D eigenvalue weighted by molar-refractivity contribution is 0.394. The van der Waals surface area contributed by atoms with E-state index in [1.807, 2.05) is 0 Å². The zero-order chi connectivity index (χ0) is 13.7. The van der Waals surface area contributed by atoms with Gasteiger partial charge in [-0.15, -0.1) is 11.8 Å². The van der Waals surface area contributed by atoms with Gasteiger partial charge in [0.15, 0.2) is 0 Å². The van der Waals surface area contributed by atoms with Gasteiger partial charge in [0, 0.05) is 16.7 Å². The van der Waals surface area contributed by atoms with Crippen molar-refractivity contribution in [2.24, 2.45) is 5.92 Å². The smallest absolute Gasteiger partial charge is 0.0216 e. The fourth-order valence-electron chi connectivity index (χ4n) is 2.89. The average Bonchev–Trinajstić information content (AvgIpc) is 2.39. The van der Waals surface area contributed by atoms with E-state index in [2.05, 4.69) is 56.0 Å². The monoisotopic (exact) mass is 277 g/mol. The number of nitrogens with one attached hydrogen (secondary N) is 1. The van der Waals surface area contributed by atoms with Crippen LogP contribution in [0.1, 0.15) is 50.7 Å². The summed E-state index contributed by atoms with van der Waals surface area (Å²) in [5.41, 5.74) is 2.85. The van der Waals surface area contributed by atoms with Crippen LogP contribution in [-0.4, -0.2) is 11.8 Å². The highest BCUT2D eigenvalue weighted by Crippen LogP contribution is 2.37. The molecule has 0 saturated heterocycles. The van der Waals surface area contributed by atoms with Crippen LogP contribution in [0.3, 0.4) is 0 Å². The van der Waals surface area contributed by atoms with Crippen LogP contribution in [0.5, 0.6) is 0 Å². The van der Waals surface area contributed by atoms with Crippen molar-refractivity contribution in [1.82, 2.24) is 5.32 Å². The Morgan fingerprint density at radius 3 is 2.89 bits per heavy atom. The molecule has 0 spiro atoms. The van der Waals surface area contributed by atoms with E-state index in [9.17, 15) is 0 Å². The molecule has 2 unspecified atom stereocenters. The summed E-state index contributed by atoms with van der Waals surface area (Å²) in [6.07, 6.45) is 5.62. The van der Waals surface area contributed by atoms with Crippen LogP contribution in [0.4, 0.5) is 0 Å². The Morgan fingerprint density at radius 2 is 2.16 bits per heavy atom. The number of hydrogen-bond acceptors (Lipinski definition) is 2. The zero-order valence-corrected chi connectivity index (χ0v) is 13.4. The first kappa shape index (κ1) is 14.9. The number of rotatable bonds is 5. The minimum atomic E-state index is 0.826. The van der Waals surface area contributed by atoms with Crippen molar-refractivity contribution < 1.29 is 0 Å². The van der Waals surface area contributed by atoms with Gasteiger partial charge in [0.1, 0.15) is 0 Å². The molecule has 1 N–H and O–H groups in total. The Hall–Kier alpha value is -0.470. The second-order valence-electron chi connectivity index (χ2n) is 5.90. The van der Waals surface area contributed by atoms with E-state index in [-0.39, 0.29) is 0 Å². The lowest BCUT2D eigenvalue weighted by atomic mass is 9.91. The summed E-state index contributed by atoms with van der Waals surface area (Å²) < 4.78 is 0. The molecule has 106 valence electrons. The van der Waals surface area contributed by atoms with Gasteiger partial charge in [0.2, 0.25) is 0 Å². The molecule has 2 heteroatoms. The highest BCUT2D eigenvalue weighted by Gasteiger charge is 2.20. The Labute approximate surface area is 122 Å². The first-order chi connectivity index (χ1) is 9.19. The number of benzene rings is 1. The van der Waals surface area contributed by atoms with Crippen LogP contribution in [0.2, 0.25) is 0 Å². The van der Waals surface area contributed by atoms with Crippen LogP contribution in [0.25, 0.3) is 0 Å². The van der Waals surface area contributed by atoms with Gasteiger partial charge < -0.3 is 5.32 Å². The van der Waals surface area contributed by atoms with E-state index in [4.69, 9.17) is 0 Å². The highest BCUT2D eigenvalue weighted by molar-refractivity contribution is 8.00. The molecule has 1 nitrogen and oxygen atoms in total. The molecule has 1 aromatic rings. The lowest BCUT2D eigenvalue weighted by Gasteiger charge is -2.27. The van der Waals surface area contributed by atoms with Gasteiger partial charge in [0.25, 0.3) is 0 Å². The molecule has 1 aromatic carbocycles. The van der Waals surface area contributed by atoms with Crippen molar-refractivity contribution >= 4 is 11.8 Å². The Balaban J connectivity index is 2.05. The third kappa shape index (κ3) is 4.54. The summed E-state index contributed by atoms with van der Waals surface area (Å²) in [5, 5.41) is 4.29. The van der Waals surface area contributed by atoms with Gasteiger partial charge in [-0.3, -0.25) is 0 Å². The molecule has 0 amide bonds. The van der Waals surface area contributed by atoms with E-state index < -0.39 is 0 Å². The summed E-state index contributed by atoms with van der Waals surface area (Å²) in [6.45, 7) is 8.81. The molecule has 19 heavy (non-hydrogen) atoms. The van der Waals surface area contributed by atoms with Gasteiger partial charge >= 0.3 is 0 Å². The zero-order valence-electron chi connectivity index (χ0n) is 12.5. The molecule has 0 aliphatic heterocycles. The molecule has 2 rings (SSSR count). The Bertz CT molecular complexity index is 402. The molecule has 0 aromatic heterocycles. The predicted molar refractivity (Wildman–Crippen MR) is 85.8 cm³/mol. The molecule has 1 aliphatic rings. The molecule has 0 heterocycles. The van der Waals surface area contributed by atoms with Gasteiger partial charge in [-0.25, -0.2) is 0 Å². The van der Waals surface area contributed by atoms with E-state index in [1.165, 1.54) is 41.7 Å². The van der Waals surface area contributed by atoms with Crippen LogP contribution in [-0.2, 0) is 6.54 Å². The van der Waals surface area contributed by atoms with Crippen molar-refractivity contribution in [2.45, 2.75) is 63.1 Å². The van der Waals surface area contributed by atoms with Crippen LogP contribution < -0.4 is 5.32 Å². The summed E-state index contributed by atoms with van der Waals surface area (Å²) in [7, 11) is 0. The SMILES string of the molecule is CCNCc1cc(C)ccc1SC1CCCC(C)C1. The van der Waals surface area contributed by atoms with Crippen molar-refractivity contribution in [2.75, 3.05) is 6.54 Å². The molecular formula is C17H27NS. The largest absolute Gasteiger partial charge is 0.313 e. The Morgan fingerprint density at radius 1 is 1.32 bits per heavy atom. The quantitative estimate of drug-likeness (QED) is 0.831. The van der Waals surface area contributed by atoms with E-state index in [0.29, 0.717) is 0 Å². The summed E-state index contributed by atoms with van der Waals surface area (Å²) in [6, 6.07) is 6.92. The Kier molecular flexibility index (Phi) is 5.77. The molecule has 1 fully saturated rings. The standard InChI is InChI=1S/C17H27NS/c1-4-18-12-15-10-14(3)8-9-17(15)19-16-7-5-6-13(2)11-16/h8-10,13,16,18H,4-7,11-12H2,1-3H3. The normalized spacial score (nSPS) is 23.5. The molecular weight excluding hydrogens is 250 g/mol. The van der Waals surface area contributed by atoms with E-state index in [1.54, 1.807) is 0 Å². The average molecular weight is 277 g/mol. The van der Waals surface area contributed by atoms with Crippen molar-refractivity contribution in [1.29, 1.82) is 0 Å². The minimum absolute atomic E-state index is 0.826. The molecule has 0 bridgehead atoms. The summed E-state index contributed by atoms with van der Waals surface area (Å²) in [5.74, 6) is 0.911. The summed E-state index contributed by atoms with van der Waals surface area (Å²) >= 11 is 2.11. The fraction of sp³-hybridized carbons (Fsp3) is 0.647. The van der Waals surface area contributed by atoms with Crippen molar-refractivity contribution in [3.05, 3.63) is 29.3 Å². The van der Waals surface area contributed by atoms with E-state index in [0.717, 1.165) is 24.3 Å². The maximum Gasteiger partial charge on any atom is 0.0216 e. The van der Waals surface area contributed by atoms with Gasteiger partial charge in [-0.05, 0) is 43.9 Å². The molecule has 0 radical (unpaired) electrons.